The average molecular weight is 595 g/mol. The van der Waals surface area contributed by atoms with Crippen molar-refractivity contribution in [3.8, 4) is 23.0 Å². The fourth-order valence-corrected chi connectivity index (χ4v) is 5.59. The number of carbonyl (C=O) groups is 1. The Balaban J connectivity index is 1.45. The molecule has 0 aliphatic heterocycles. The zero-order valence-corrected chi connectivity index (χ0v) is 26.2. The zero-order chi connectivity index (χ0) is 30.9. The highest BCUT2D eigenvalue weighted by molar-refractivity contribution is 5.89. The second-order valence-corrected chi connectivity index (χ2v) is 11.8. The minimum atomic E-state index is -0.601. The minimum Gasteiger partial charge on any atom is -0.494 e. The quantitative estimate of drug-likeness (QED) is 0.0955. The summed E-state index contributed by atoms with van der Waals surface area (Å²) in [6.45, 7) is 6.21. The van der Waals surface area contributed by atoms with E-state index in [1.807, 2.05) is 121 Å². The third-order valence-electron chi connectivity index (χ3n) is 8.20. The van der Waals surface area contributed by atoms with Crippen molar-refractivity contribution in [3.63, 3.8) is 0 Å². The fourth-order valence-electron chi connectivity index (χ4n) is 5.59. The lowest BCUT2D eigenvalue weighted by atomic mass is 9.65. The minimum absolute atomic E-state index is 0.248. The van der Waals surface area contributed by atoms with Crippen LogP contribution < -0.4 is 18.9 Å². The molecule has 5 nitrogen and oxygen atoms in total. The van der Waals surface area contributed by atoms with Crippen LogP contribution in [0.5, 0.6) is 23.0 Å². The lowest BCUT2D eigenvalue weighted by Crippen LogP contribution is -2.43. The molecule has 2 unspecified atom stereocenters. The first kappa shape index (κ1) is 32.7. The molecule has 2 atom stereocenters. The molecular weight excluding hydrogens is 548 g/mol. The Morgan fingerprint density at radius 1 is 0.432 bits per heavy atom. The highest BCUT2D eigenvalue weighted by atomic mass is 16.5. The van der Waals surface area contributed by atoms with E-state index >= 15 is 0 Å². The lowest BCUT2D eigenvalue weighted by molar-refractivity contribution is -0.140. The maximum atomic E-state index is 14.7. The van der Waals surface area contributed by atoms with E-state index in [1.54, 1.807) is 0 Å². The van der Waals surface area contributed by atoms with Gasteiger partial charge in [0.25, 0.3) is 0 Å². The van der Waals surface area contributed by atoms with Gasteiger partial charge in [0.05, 0.1) is 26.4 Å². The van der Waals surface area contributed by atoms with Crippen LogP contribution >= 0.6 is 0 Å². The number of hydrogen-bond acceptors (Lipinski definition) is 5. The summed E-state index contributed by atoms with van der Waals surface area (Å²) in [7, 11) is 0. The molecule has 44 heavy (non-hydrogen) atoms. The number of rotatable bonds is 20. The van der Waals surface area contributed by atoms with Crippen molar-refractivity contribution in [3.05, 3.63) is 121 Å². The van der Waals surface area contributed by atoms with Gasteiger partial charge in [-0.3, -0.25) is 4.79 Å². The van der Waals surface area contributed by atoms with Crippen LogP contribution in [0.15, 0.2) is 121 Å². The van der Waals surface area contributed by atoms with Crippen molar-refractivity contribution in [1.82, 2.24) is 0 Å². The Morgan fingerprint density at radius 2 is 0.705 bits per heavy atom. The molecule has 0 aliphatic rings. The van der Waals surface area contributed by atoms with E-state index in [0.29, 0.717) is 52.1 Å². The molecule has 4 rings (SSSR count). The molecule has 0 radical (unpaired) electrons. The molecule has 232 valence electrons. The van der Waals surface area contributed by atoms with E-state index < -0.39 is 10.8 Å². The van der Waals surface area contributed by atoms with Gasteiger partial charge in [0.15, 0.2) is 0 Å². The van der Waals surface area contributed by atoms with Gasteiger partial charge in [0.2, 0.25) is 0 Å². The van der Waals surface area contributed by atoms with Gasteiger partial charge in [-0.25, -0.2) is 0 Å². The summed E-state index contributed by atoms with van der Waals surface area (Å²) < 4.78 is 24.2. The van der Waals surface area contributed by atoms with Crippen LogP contribution in [0.2, 0.25) is 0 Å². The van der Waals surface area contributed by atoms with E-state index in [1.165, 1.54) is 0 Å². The van der Waals surface area contributed by atoms with E-state index in [9.17, 15) is 4.79 Å². The maximum Gasteiger partial charge on any atom is 0.144 e. The van der Waals surface area contributed by atoms with E-state index in [-0.39, 0.29) is 5.78 Å². The summed E-state index contributed by atoms with van der Waals surface area (Å²) in [4.78, 5) is 14.7. The first-order valence-corrected chi connectivity index (χ1v) is 15.7. The van der Waals surface area contributed by atoms with Gasteiger partial charge < -0.3 is 18.9 Å². The van der Waals surface area contributed by atoms with Crippen molar-refractivity contribution in [2.45, 2.75) is 52.4 Å². The number of hydrogen-bond donors (Lipinski definition) is 0. The molecule has 5 heteroatoms. The fraction of sp³-hybridized carbons (Fsp3) is 0.359. The molecule has 0 heterocycles. The molecule has 0 fully saturated rings. The van der Waals surface area contributed by atoms with Crippen LogP contribution in [0.4, 0.5) is 0 Å². The molecule has 0 N–H and O–H groups in total. The van der Waals surface area contributed by atoms with Crippen molar-refractivity contribution in [2.75, 3.05) is 26.4 Å². The maximum absolute atomic E-state index is 14.7. The van der Waals surface area contributed by atoms with Gasteiger partial charge in [-0.15, -0.1) is 0 Å². The average Bonchev–Trinajstić information content (AvgIpc) is 3.07. The van der Waals surface area contributed by atoms with Crippen LogP contribution in [-0.2, 0) is 4.79 Å². The Labute approximate surface area is 263 Å². The second-order valence-electron chi connectivity index (χ2n) is 11.8. The van der Waals surface area contributed by atoms with Gasteiger partial charge in [-0.2, -0.15) is 0 Å². The van der Waals surface area contributed by atoms with Gasteiger partial charge in [0.1, 0.15) is 28.8 Å². The standard InChI is InChI=1S/C39H46O5/c1-38(27-31-43-35-21-11-5-12-22-35,25-15-29-41-33-17-7-3-8-18-33)37(40)39(2,28-32-44-36-23-13-6-14-24-36)26-16-30-42-34-19-9-4-10-20-34/h3-14,17-24H,15-16,25-32H2,1-2H3. The van der Waals surface area contributed by atoms with Crippen LogP contribution in [0.1, 0.15) is 52.4 Å². The number of Topliss-reactive ketones (excluding diaryl/α,β-unsaturated/α-hetero) is 1. The van der Waals surface area contributed by atoms with Crippen molar-refractivity contribution in [2.24, 2.45) is 10.8 Å². The molecule has 0 saturated carbocycles. The Kier molecular flexibility index (Phi) is 12.7. The Morgan fingerprint density at radius 3 is 1.00 bits per heavy atom. The van der Waals surface area contributed by atoms with Crippen LogP contribution in [0, 0.1) is 10.8 Å². The van der Waals surface area contributed by atoms with E-state index in [2.05, 4.69) is 13.8 Å². The van der Waals surface area contributed by atoms with Crippen LogP contribution in [0.25, 0.3) is 0 Å². The number of ether oxygens (including phenoxy) is 4. The monoisotopic (exact) mass is 594 g/mol. The number of ketones is 1. The summed E-state index contributed by atoms with van der Waals surface area (Å²) in [5.74, 6) is 3.56. The smallest absolute Gasteiger partial charge is 0.144 e. The summed E-state index contributed by atoms with van der Waals surface area (Å²) >= 11 is 0. The highest BCUT2D eigenvalue weighted by Gasteiger charge is 2.44. The first-order chi connectivity index (χ1) is 21.5. The number of para-hydroxylation sites is 4. The second kappa shape index (κ2) is 17.1. The summed E-state index contributed by atoms with van der Waals surface area (Å²) in [6, 6.07) is 39.2. The predicted molar refractivity (Wildman–Crippen MR) is 177 cm³/mol. The molecule has 0 aliphatic carbocycles. The zero-order valence-electron chi connectivity index (χ0n) is 26.2. The third-order valence-corrected chi connectivity index (χ3v) is 8.20. The van der Waals surface area contributed by atoms with Crippen LogP contribution in [-0.4, -0.2) is 32.2 Å². The molecule has 4 aromatic rings. The summed E-state index contributed by atoms with van der Waals surface area (Å²) in [5.41, 5.74) is -1.20. The number of benzene rings is 4. The molecule has 0 aromatic heterocycles. The normalized spacial score (nSPS) is 13.7. The van der Waals surface area contributed by atoms with E-state index in [4.69, 9.17) is 18.9 Å². The SMILES string of the molecule is CC(CCCOc1ccccc1)(CCOc1ccccc1)C(=O)C(C)(CCCOc1ccccc1)CCOc1ccccc1. The predicted octanol–water partition coefficient (Wildman–Crippen LogP) is 9.22. The van der Waals surface area contributed by atoms with Gasteiger partial charge in [-0.05, 0) is 87.1 Å². The lowest BCUT2D eigenvalue weighted by Gasteiger charge is -2.38. The van der Waals surface area contributed by atoms with Gasteiger partial charge in [0, 0.05) is 10.8 Å². The van der Waals surface area contributed by atoms with E-state index in [0.717, 1.165) is 35.8 Å². The summed E-state index contributed by atoms with van der Waals surface area (Å²) in [6.07, 6.45) is 4.15. The molecule has 4 aromatic carbocycles. The van der Waals surface area contributed by atoms with Gasteiger partial charge >= 0.3 is 0 Å². The molecule has 0 bridgehead atoms. The molecule has 0 amide bonds. The third kappa shape index (κ3) is 10.5. The number of carbonyl (C=O) groups excluding carboxylic acids is 1. The highest BCUT2D eigenvalue weighted by Crippen LogP contribution is 2.42. The van der Waals surface area contributed by atoms with Crippen molar-refractivity contribution >= 4 is 5.78 Å². The first-order valence-electron chi connectivity index (χ1n) is 15.7. The molecular formula is C39H46O5. The summed E-state index contributed by atoms with van der Waals surface area (Å²) in [5, 5.41) is 0. The Bertz CT molecular complexity index is 1240. The van der Waals surface area contributed by atoms with Crippen molar-refractivity contribution in [1.29, 1.82) is 0 Å². The molecule has 0 saturated heterocycles. The Hall–Kier alpha value is -4.25. The molecule has 0 spiro atoms. The topological polar surface area (TPSA) is 54.0 Å². The van der Waals surface area contributed by atoms with Gasteiger partial charge in [-0.1, -0.05) is 86.6 Å². The largest absolute Gasteiger partial charge is 0.494 e. The van der Waals surface area contributed by atoms with Crippen molar-refractivity contribution < 1.29 is 23.7 Å². The van der Waals surface area contributed by atoms with Crippen LogP contribution in [0.3, 0.4) is 0 Å².